The van der Waals surface area contributed by atoms with Gasteiger partial charge >= 0.3 is 0 Å². The zero-order valence-electron chi connectivity index (χ0n) is 11.6. The van der Waals surface area contributed by atoms with Crippen molar-refractivity contribution in [2.75, 3.05) is 0 Å². The first-order chi connectivity index (χ1) is 10.2. The molecule has 1 amide bonds. The minimum atomic E-state index is -0.0865. The minimum Gasteiger partial charge on any atom is -0.346 e. The van der Waals surface area contributed by atoms with Gasteiger partial charge in [-0.25, -0.2) is 0 Å². The monoisotopic (exact) mass is 297 g/mol. The predicted molar refractivity (Wildman–Crippen MR) is 86.1 cm³/mol. The lowest BCUT2D eigenvalue weighted by molar-refractivity contribution is -0.117. The molecule has 0 aromatic heterocycles. The summed E-state index contributed by atoms with van der Waals surface area (Å²) in [5, 5.41) is 3.70. The van der Waals surface area contributed by atoms with Crippen LogP contribution in [0.4, 0.5) is 0 Å². The van der Waals surface area contributed by atoms with Crippen LogP contribution in [0.5, 0.6) is 0 Å². The van der Waals surface area contributed by atoms with E-state index in [-0.39, 0.29) is 11.9 Å². The van der Waals surface area contributed by atoms with Gasteiger partial charge in [0.15, 0.2) is 0 Å². The molecule has 2 aromatic rings. The summed E-state index contributed by atoms with van der Waals surface area (Å²) < 4.78 is 0. The third kappa shape index (κ3) is 3.17. The van der Waals surface area contributed by atoms with E-state index in [9.17, 15) is 4.79 Å². The van der Waals surface area contributed by atoms with E-state index in [0.29, 0.717) is 5.02 Å². The molecule has 0 spiro atoms. The van der Waals surface area contributed by atoms with Crippen molar-refractivity contribution in [3.8, 4) is 0 Å². The Morgan fingerprint density at radius 3 is 2.76 bits per heavy atom. The Hall–Kier alpha value is -2.06. The number of benzene rings is 2. The molecule has 2 aromatic carbocycles. The van der Waals surface area contributed by atoms with Gasteiger partial charge in [-0.15, -0.1) is 0 Å². The van der Waals surface area contributed by atoms with Crippen LogP contribution >= 0.6 is 11.6 Å². The van der Waals surface area contributed by atoms with E-state index < -0.39 is 0 Å². The number of carbonyl (C=O) groups is 1. The molecule has 2 nitrogen and oxygen atoms in total. The van der Waals surface area contributed by atoms with Crippen molar-refractivity contribution in [1.29, 1.82) is 0 Å². The maximum atomic E-state index is 12.1. The lowest BCUT2D eigenvalue weighted by atomic mass is 10.1. The Balaban J connectivity index is 1.67. The van der Waals surface area contributed by atoms with Gasteiger partial charge in [-0.05, 0) is 41.7 Å². The smallest absolute Gasteiger partial charge is 0.244 e. The first-order valence-corrected chi connectivity index (χ1v) is 7.43. The molecule has 3 rings (SSSR count). The summed E-state index contributed by atoms with van der Waals surface area (Å²) in [6.45, 7) is 0. The molecule has 0 bridgehead atoms. The molecular formula is C18H16ClNO. The maximum Gasteiger partial charge on any atom is 0.244 e. The Bertz CT molecular complexity index is 693. The van der Waals surface area contributed by atoms with Crippen LogP contribution in [0.3, 0.4) is 0 Å². The zero-order chi connectivity index (χ0) is 14.7. The van der Waals surface area contributed by atoms with E-state index in [2.05, 4.69) is 17.4 Å². The standard InChI is InChI=1S/C18H16ClNO/c19-16-8-4-2-6-14(16)10-12-18(21)20-17-11-9-13-5-1-3-7-15(13)17/h1-8,10,12,17H,9,11H2,(H,20,21)/b12-10+. The fourth-order valence-electron chi connectivity index (χ4n) is 2.70. The van der Waals surface area contributed by atoms with Crippen molar-refractivity contribution in [2.45, 2.75) is 18.9 Å². The molecule has 0 heterocycles. The number of fused-ring (bicyclic) bond motifs is 1. The Morgan fingerprint density at radius 1 is 1.14 bits per heavy atom. The largest absolute Gasteiger partial charge is 0.346 e. The SMILES string of the molecule is O=C(/C=C/c1ccccc1Cl)NC1CCc2ccccc21. The van der Waals surface area contributed by atoms with Crippen molar-refractivity contribution in [3.63, 3.8) is 0 Å². The van der Waals surface area contributed by atoms with Gasteiger partial charge in [0, 0.05) is 11.1 Å². The lowest BCUT2D eigenvalue weighted by Gasteiger charge is -2.12. The number of aryl methyl sites for hydroxylation is 1. The topological polar surface area (TPSA) is 29.1 Å². The van der Waals surface area contributed by atoms with Gasteiger partial charge in [0.25, 0.3) is 0 Å². The van der Waals surface area contributed by atoms with Crippen LogP contribution in [-0.4, -0.2) is 5.91 Å². The van der Waals surface area contributed by atoms with Crippen LogP contribution in [0.15, 0.2) is 54.6 Å². The van der Waals surface area contributed by atoms with E-state index in [1.165, 1.54) is 11.1 Å². The van der Waals surface area contributed by atoms with Crippen LogP contribution in [0.2, 0.25) is 5.02 Å². The van der Waals surface area contributed by atoms with Crippen molar-refractivity contribution in [2.24, 2.45) is 0 Å². The zero-order valence-corrected chi connectivity index (χ0v) is 12.3. The van der Waals surface area contributed by atoms with Gasteiger partial charge < -0.3 is 5.32 Å². The van der Waals surface area contributed by atoms with E-state index in [4.69, 9.17) is 11.6 Å². The normalized spacial score (nSPS) is 16.9. The molecule has 0 saturated heterocycles. The molecule has 0 aliphatic heterocycles. The summed E-state index contributed by atoms with van der Waals surface area (Å²) in [7, 11) is 0. The molecule has 1 atom stereocenters. The van der Waals surface area contributed by atoms with Gasteiger partial charge in [-0.3, -0.25) is 4.79 Å². The Morgan fingerprint density at radius 2 is 1.90 bits per heavy atom. The van der Waals surface area contributed by atoms with Crippen LogP contribution < -0.4 is 5.32 Å². The molecule has 3 heteroatoms. The highest BCUT2D eigenvalue weighted by Crippen LogP contribution is 2.30. The van der Waals surface area contributed by atoms with Crippen molar-refractivity contribution < 1.29 is 4.79 Å². The van der Waals surface area contributed by atoms with Crippen LogP contribution in [0, 0.1) is 0 Å². The average Bonchev–Trinajstić information content (AvgIpc) is 2.90. The molecular weight excluding hydrogens is 282 g/mol. The summed E-state index contributed by atoms with van der Waals surface area (Å²) in [5.74, 6) is -0.0865. The van der Waals surface area contributed by atoms with Crippen molar-refractivity contribution >= 4 is 23.6 Å². The number of amides is 1. The highest BCUT2D eigenvalue weighted by Gasteiger charge is 2.22. The number of carbonyl (C=O) groups excluding carboxylic acids is 1. The maximum absolute atomic E-state index is 12.1. The second kappa shape index (κ2) is 6.15. The summed E-state index contributed by atoms with van der Waals surface area (Å²) in [6.07, 6.45) is 5.28. The molecule has 1 aliphatic carbocycles. The summed E-state index contributed by atoms with van der Waals surface area (Å²) >= 11 is 6.06. The van der Waals surface area contributed by atoms with E-state index in [0.717, 1.165) is 18.4 Å². The molecule has 21 heavy (non-hydrogen) atoms. The first-order valence-electron chi connectivity index (χ1n) is 7.05. The molecule has 1 unspecified atom stereocenters. The van der Waals surface area contributed by atoms with Gasteiger partial charge in [-0.2, -0.15) is 0 Å². The number of hydrogen-bond acceptors (Lipinski definition) is 1. The summed E-state index contributed by atoms with van der Waals surface area (Å²) in [5.41, 5.74) is 3.41. The van der Waals surface area contributed by atoms with E-state index >= 15 is 0 Å². The van der Waals surface area contributed by atoms with Crippen LogP contribution in [-0.2, 0) is 11.2 Å². The quantitative estimate of drug-likeness (QED) is 0.847. The highest BCUT2D eigenvalue weighted by molar-refractivity contribution is 6.32. The van der Waals surface area contributed by atoms with Crippen molar-refractivity contribution in [3.05, 3.63) is 76.3 Å². The molecule has 0 radical (unpaired) electrons. The summed E-state index contributed by atoms with van der Waals surface area (Å²) in [4.78, 5) is 12.1. The van der Waals surface area contributed by atoms with Crippen LogP contribution in [0.25, 0.3) is 6.08 Å². The van der Waals surface area contributed by atoms with Gasteiger partial charge in [0.1, 0.15) is 0 Å². The minimum absolute atomic E-state index is 0.0865. The van der Waals surface area contributed by atoms with Crippen LogP contribution in [0.1, 0.15) is 29.2 Å². The third-order valence-corrected chi connectivity index (χ3v) is 4.11. The highest BCUT2D eigenvalue weighted by atomic mass is 35.5. The fraction of sp³-hybridized carbons (Fsp3) is 0.167. The first kappa shape index (κ1) is 13.9. The fourth-order valence-corrected chi connectivity index (χ4v) is 2.90. The number of nitrogens with one attached hydrogen (secondary N) is 1. The molecule has 0 saturated carbocycles. The Labute approximate surface area is 129 Å². The number of rotatable bonds is 3. The molecule has 1 aliphatic rings. The second-order valence-electron chi connectivity index (χ2n) is 5.15. The lowest BCUT2D eigenvalue weighted by Crippen LogP contribution is -2.25. The molecule has 1 N–H and O–H groups in total. The van der Waals surface area contributed by atoms with Gasteiger partial charge in [0.2, 0.25) is 5.91 Å². The van der Waals surface area contributed by atoms with E-state index in [1.807, 2.05) is 36.4 Å². The number of halogens is 1. The summed E-state index contributed by atoms with van der Waals surface area (Å²) in [6, 6.07) is 15.9. The molecule has 106 valence electrons. The van der Waals surface area contributed by atoms with E-state index in [1.54, 1.807) is 12.2 Å². The third-order valence-electron chi connectivity index (χ3n) is 3.77. The second-order valence-corrected chi connectivity index (χ2v) is 5.56. The molecule has 0 fully saturated rings. The van der Waals surface area contributed by atoms with Gasteiger partial charge in [-0.1, -0.05) is 54.1 Å². The predicted octanol–water partition coefficient (Wildman–Crippen LogP) is 4.16. The number of hydrogen-bond donors (Lipinski definition) is 1. The van der Waals surface area contributed by atoms with Crippen molar-refractivity contribution in [1.82, 2.24) is 5.32 Å². The Kier molecular flexibility index (Phi) is 4.07. The average molecular weight is 298 g/mol. The van der Waals surface area contributed by atoms with Gasteiger partial charge in [0.05, 0.1) is 6.04 Å².